The van der Waals surface area contributed by atoms with Crippen molar-refractivity contribution in [2.24, 2.45) is 20.6 Å². The number of allylic oxidation sites excluding steroid dienone is 4. The van der Waals surface area contributed by atoms with Crippen molar-refractivity contribution in [3.8, 4) is 0 Å². The Bertz CT molecular complexity index is 739. The van der Waals surface area contributed by atoms with E-state index in [9.17, 15) is 41.7 Å². The topological polar surface area (TPSA) is 264 Å². The standard InChI is InChI=1S/2C4H8N2O2.2C4H7N2O2.2Cu/c4*1-3(5-7)4(2)6-8;;/h2*7-8H,1-2H3;2*5H,1-2H3;;/q;;2*-1;;/p-4. The fourth-order valence-electron chi connectivity index (χ4n) is 0.650. The van der Waals surface area contributed by atoms with Gasteiger partial charge in [-0.15, -0.1) is 0 Å². The Morgan fingerprint density at radius 1 is 0.529 bits per heavy atom. The SMILES string of the molecule is CC(=N[O-])C(C)=N[O-].CC(=N[O-])C(C)=N[O-].CC(N[O-])=C(C)[N+]([O-])=[Cu].CC(N[O-])=C(C)[N+]([O-])=[Cu]. The van der Waals surface area contributed by atoms with E-state index in [4.69, 9.17) is 0 Å². The van der Waals surface area contributed by atoms with Crippen molar-refractivity contribution in [1.82, 2.24) is 11.0 Å². The molecule has 0 saturated carbocycles. The normalized spacial score (nSPS) is 13.4. The van der Waals surface area contributed by atoms with Crippen LogP contribution >= 0.6 is 0 Å². The molecule has 0 atom stereocenters. The molecule has 16 nitrogen and oxygen atoms in total. The van der Waals surface area contributed by atoms with Crippen LogP contribution in [0.25, 0.3) is 0 Å². The van der Waals surface area contributed by atoms with Gasteiger partial charge in [-0.3, -0.25) is 0 Å². The minimum atomic E-state index is 0.139. The van der Waals surface area contributed by atoms with E-state index in [-0.39, 0.29) is 53.1 Å². The van der Waals surface area contributed by atoms with Crippen LogP contribution < -0.4 is 11.0 Å². The van der Waals surface area contributed by atoms with Gasteiger partial charge in [-0.1, -0.05) is 0 Å². The molecule has 0 amide bonds. The molecule has 2 N–H and O–H groups in total. The van der Waals surface area contributed by atoms with E-state index in [0.717, 1.165) is 0 Å². The molecule has 0 aromatic heterocycles. The molecule has 0 radical (unpaired) electrons. The summed E-state index contributed by atoms with van der Waals surface area (Å²) in [5.41, 5.74) is 4.60. The zero-order valence-electron chi connectivity index (χ0n) is 19.6. The summed E-state index contributed by atoms with van der Waals surface area (Å²) >= 11 is 8.65. The van der Waals surface area contributed by atoms with Crippen LogP contribution in [0, 0.1) is 41.7 Å². The van der Waals surface area contributed by atoms with Gasteiger partial charge < -0.3 is 41.5 Å². The molecule has 0 unspecified atom stereocenters. The van der Waals surface area contributed by atoms with E-state index in [1.54, 1.807) is 11.0 Å². The molecule has 0 fully saturated rings. The number of hydrogen-bond donors (Lipinski definition) is 2. The number of hydroxylamine groups is 4. The molecule has 0 aliphatic carbocycles. The predicted molar refractivity (Wildman–Crippen MR) is 123 cm³/mol. The first-order valence-corrected chi connectivity index (χ1v) is 9.46. The fraction of sp³-hybridized carbons (Fsp3) is 0.500. The summed E-state index contributed by atoms with van der Waals surface area (Å²) in [5, 5.41) is 88.5. The minimum absolute atomic E-state index is 0.139. The molecule has 0 aromatic carbocycles. The van der Waals surface area contributed by atoms with E-state index in [1.807, 2.05) is 0 Å². The third-order valence-electron chi connectivity index (χ3n) is 3.46. The first kappa shape index (κ1) is 38.7. The van der Waals surface area contributed by atoms with Gasteiger partial charge in [0, 0.05) is 22.8 Å². The maximum absolute atomic E-state index is 10.2. The number of nitrogens with one attached hydrogen (secondary N) is 2. The summed E-state index contributed by atoms with van der Waals surface area (Å²) in [4.78, 5) is 0. The first-order valence-electron chi connectivity index (χ1n) is 8.62. The van der Waals surface area contributed by atoms with E-state index in [2.05, 4.69) is 52.3 Å². The summed E-state index contributed by atoms with van der Waals surface area (Å²) in [7, 11) is 0. The Labute approximate surface area is 213 Å². The quantitative estimate of drug-likeness (QED) is 0.261. The molecule has 0 aromatic rings. The van der Waals surface area contributed by atoms with Gasteiger partial charge in [0.25, 0.3) is 0 Å². The van der Waals surface area contributed by atoms with Crippen LogP contribution in [0.1, 0.15) is 55.4 Å². The fourth-order valence-corrected chi connectivity index (χ4v) is 0.966. The average molecular weight is 586 g/mol. The second kappa shape index (κ2) is 23.6. The number of nitrogens with zero attached hydrogens (tertiary/aromatic N) is 6. The van der Waals surface area contributed by atoms with E-state index < -0.39 is 0 Å². The van der Waals surface area contributed by atoms with Crippen LogP contribution in [-0.2, 0) is 31.6 Å². The van der Waals surface area contributed by atoms with Crippen molar-refractivity contribution < 1.29 is 39.1 Å². The number of hydrogen-bond acceptors (Lipinski definition) is 14. The summed E-state index contributed by atoms with van der Waals surface area (Å²) < 4.78 is 0.403. The Morgan fingerprint density at radius 2 is 0.706 bits per heavy atom. The zero-order chi connectivity index (χ0) is 28.0. The Balaban J connectivity index is -0.000000177. The third kappa shape index (κ3) is 21.3. The van der Waals surface area contributed by atoms with Gasteiger partial charge in [0.15, 0.2) is 0 Å². The zero-order valence-corrected chi connectivity index (χ0v) is 21.4. The van der Waals surface area contributed by atoms with E-state index >= 15 is 0 Å². The van der Waals surface area contributed by atoms with Crippen LogP contribution in [0.3, 0.4) is 0 Å². The maximum atomic E-state index is 10.2. The van der Waals surface area contributed by atoms with Crippen LogP contribution in [0.15, 0.2) is 43.4 Å². The van der Waals surface area contributed by atoms with Gasteiger partial charge in [-0.2, -0.15) is 0 Å². The molecular weight excluding hydrogens is 559 g/mol. The molecule has 18 heteroatoms. The van der Waals surface area contributed by atoms with Crippen LogP contribution in [0.4, 0.5) is 0 Å². The van der Waals surface area contributed by atoms with Crippen molar-refractivity contribution in [2.75, 3.05) is 0 Å². The second-order valence-electron chi connectivity index (χ2n) is 5.76. The van der Waals surface area contributed by atoms with Crippen LogP contribution in [0.2, 0.25) is 0 Å². The molecule has 0 rings (SSSR count). The van der Waals surface area contributed by atoms with Crippen LogP contribution in [-0.4, -0.2) is 30.3 Å². The van der Waals surface area contributed by atoms with Crippen molar-refractivity contribution in [3.05, 3.63) is 64.4 Å². The molecule has 206 valence electrons. The monoisotopic (exact) mass is 584 g/mol. The predicted octanol–water partition coefficient (Wildman–Crippen LogP) is 2.94. The van der Waals surface area contributed by atoms with Gasteiger partial charge >= 0.3 is 121 Å². The Morgan fingerprint density at radius 3 is 0.765 bits per heavy atom. The molecule has 0 saturated heterocycles. The van der Waals surface area contributed by atoms with Crippen molar-refractivity contribution >= 4 is 22.8 Å². The van der Waals surface area contributed by atoms with Crippen LogP contribution in [0.5, 0.6) is 0 Å². The molecule has 0 aliphatic heterocycles. The van der Waals surface area contributed by atoms with Gasteiger partial charge in [0.05, 0.1) is 0 Å². The average Bonchev–Trinajstić information content (AvgIpc) is 2.85. The molecule has 0 aliphatic rings. The molecule has 0 heterocycles. The van der Waals surface area contributed by atoms with E-state index in [1.165, 1.54) is 55.4 Å². The molecule has 0 bridgehead atoms. The summed E-state index contributed by atoms with van der Waals surface area (Å²) in [6.07, 6.45) is 0. The Kier molecular flexibility index (Phi) is 26.8. The van der Waals surface area contributed by atoms with Gasteiger partial charge in [0.1, 0.15) is 0 Å². The Hall–Kier alpha value is -2.56. The van der Waals surface area contributed by atoms with Crippen molar-refractivity contribution in [3.63, 3.8) is 0 Å². The van der Waals surface area contributed by atoms with Gasteiger partial charge in [0.2, 0.25) is 0 Å². The van der Waals surface area contributed by atoms with Gasteiger partial charge in [-0.05, 0) is 27.7 Å². The third-order valence-corrected chi connectivity index (χ3v) is 4.09. The summed E-state index contributed by atoms with van der Waals surface area (Å²) in [5.74, 6) is 0. The molecule has 0 spiro atoms. The number of rotatable bonds is 6. The second-order valence-corrected chi connectivity index (χ2v) is 6.52. The molecule has 34 heavy (non-hydrogen) atoms. The van der Waals surface area contributed by atoms with Crippen molar-refractivity contribution in [2.45, 2.75) is 55.4 Å². The summed E-state index contributed by atoms with van der Waals surface area (Å²) in [6, 6.07) is 0. The van der Waals surface area contributed by atoms with Crippen molar-refractivity contribution in [1.29, 1.82) is 0 Å². The van der Waals surface area contributed by atoms with E-state index in [0.29, 0.717) is 0 Å². The first-order chi connectivity index (χ1) is 15.6. The van der Waals surface area contributed by atoms with Gasteiger partial charge in [-0.25, -0.2) is 0 Å². The molecular formula is C16H26Cu2N8O8-6. The summed E-state index contributed by atoms with van der Waals surface area (Å²) in [6.45, 7) is 11.6.